The Morgan fingerprint density at radius 1 is 1.44 bits per heavy atom. The van der Waals surface area contributed by atoms with Crippen LogP contribution in [-0.2, 0) is 17.4 Å². The molecule has 1 aromatic carbocycles. The van der Waals surface area contributed by atoms with E-state index in [0.717, 1.165) is 40.8 Å². The van der Waals surface area contributed by atoms with Crippen molar-refractivity contribution >= 4 is 28.6 Å². The predicted molar refractivity (Wildman–Crippen MR) is 71.6 cm³/mol. The smallest absolute Gasteiger partial charge is 0.235 e. The molecule has 0 aliphatic heterocycles. The zero-order chi connectivity index (χ0) is 12.8. The largest absolute Gasteiger partial charge is 0.349 e. The van der Waals surface area contributed by atoms with Crippen LogP contribution in [0.1, 0.15) is 24.8 Å². The lowest BCUT2D eigenvalue weighted by Gasteiger charge is -2.37. The van der Waals surface area contributed by atoms with Gasteiger partial charge in [0, 0.05) is 24.1 Å². The molecule has 2 aromatic rings. The molecular weight excluding hydrogens is 248 g/mol. The lowest BCUT2D eigenvalue weighted by Crippen LogP contribution is -2.31. The van der Waals surface area contributed by atoms with Crippen LogP contribution in [0, 0.1) is 0 Å². The van der Waals surface area contributed by atoms with E-state index in [1.165, 1.54) is 0 Å². The van der Waals surface area contributed by atoms with Crippen LogP contribution < -0.4 is 0 Å². The molecular formula is C14H13ClN2O. The number of rotatable bonds is 2. The normalized spacial score (nSPS) is 17.2. The van der Waals surface area contributed by atoms with Crippen molar-refractivity contribution in [2.24, 2.45) is 12.0 Å². The summed E-state index contributed by atoms with van der Waals surface area (Å²) < 4.78 is 2.00. The Labute approximate surface area is 110 Å². The fourth-order valence-corrected chi connectivity index (χ4v) is 3.00. The van der Waals surface area contributed by atoms with E-state index >= 15 is 0 Å². The SMILES string of the molecule is Cn1cc(Cl)c2cc(C3(N=C=O)CCC3)ccc21. The molecule has 1 heterocycles. The van der Waals surface area contributed by atoms with Crippen molar-refractivity contribution in [3.8, 4) is 0 Å². The van der Waals surface area contributed by atoms with Crippen molar-refractivity contribution in [2.75, 3.05) is 0 Å². The van der Waals surface area contributed by atoms with Gasteiger partial charge in [0.1, 0.15) is 0 Å². The molecule has 0 amide bonds. The summed E-state index contributed by atoms with van der Waals surface area (Å²) in [6, 6.07) is 6.13. The van der Waals surface area contributed by atoms with Crippen molar-refractivity contribution in [1.29, 1.82) is 0 Å². The summed E-state index contributed by atoms with van der Waals surface area (Å²) in [5, 5.41) is 1.75. The molecule has 92 valence electrons. The number of benzene rings is 1. The fourth-order valence-electron chi connectivity index (χ4n) is 2.70. The summed E-state index contributed by atoms with van der Waals surface area (Å²) in [7, 11) is 1.97. The molecule has 0 unspecified atom stereocenters. The van der Waals surface area contributed by atoms with Gasteiger partial charge in [-0.1, -0.05) is 17.7 Å². The van der Waals surface area contributed by atoms with Gasteiger partial charge in [-0.05, 0) is 37.0 Å². The number of nitrogens with zero attached hydrogens (tertiary/aromatic N) is 2. The van der Waals surface area contributed by atoms with E-state index in [1.807, 2.05) is 29.9 Å². The average Bonchev–Trinajstić information content (AvgIpc) is 2.59. The minimum atomic E-state index is -0.352. The lowest BCUT2D eigenvalue weighted by atomic mass is 9.72. The highest BCUT2D eigenvalue weighted by atomic mass is 35.5. The first-order chi connectivity index (χ1) is 8.66. The molecule has 0 bridgehead atoms. The molecule has 1 aromatic heterocycles. The summed E-state index contributed by atoms with van der Waals surface area (Å²) in [6.07, 6.45) is 6.54. The Bertz CT molecular complexity index is 664. The number of hydrogen-bond acceptors (Lipinski definition) is 2. The third-order valence-corrected chi connectivity index (χ3v) is 4.22. The van der Waals surface area contributed by atoms with E-state index < -0.39 is 0 Å². The Balaban J connectivity index is 2.19. The molecule has 0 saturated heterocycles. The fraction of sp³-hybridized carbons (Fsp3) is 0.357. The zero-order valence-corrected chi connectivity index (χ0v) is 10.9. The van der Waals surface area contributed by atoms with Crippen molar-refractivity contribution in [3.63, 3.8) is 0 Å². The summed E-state index contributed by atoms with van der Waals surface area (Å²) in [5.74, 6) is 0. The van der Waals surface area contributed by atoms with Crippen molar-refractivity contribution in [1.82, 2.24) is 4.57 Å². The summed E-state index contributed by atoms with van der Waals surface area (Å²) >= 11 is 6.21. The average molecular weight is 261 g/mol. The zero-order valence-electron chi connectivity index (χ0n) is 10.1. The molecule has 0 radical (unpaired) electrons. The summed E-state index contributed by atoms with van der Waals surface area (Å²) in [4.78, 5) is 14.6. The second kappa shape index (κ2) is 3.98. The van der Waals surface area contributed by atoms with Gasteiger partial charge in [0.05, 0.1) is 10.6 Å². The van der Waals surface area contributed by atoms with Gasteiger partial charge in [0.2, 0.25) is 6.08 Å². The van der Waals surface area contributed by atoms with E-state index in [-0.39, 0.29) is 5.54 Å². The third kappa shape index (κ3) is 1.52. The van der Waals surface area contributed by atoms with Gasteiger partial charge >= 0.3 is 0 Å². The van der Waals surface area contributed by atoms with Gasteiger partial charge in [0.25, 0.3) is 0 Å². The van der Waals surface area contributed by atoms with E-state index in [4.69, 9.17) is 11.6 Å². The van der Waals surface area contributed by atoms with Gasteiger partial charge in [-0.2, -0.15) is 4.99 Å². The number of halogens is 1. The Hall–Kier alpha value is -1.57. The van der Waals surface area contributed by atoms with Crippen LogP contribution in [0.25, 0.3) is 10.9 Å². The van der Waals surface area contributed by atoms with Crippen molar-refractivity contribution in [3.05, 3.63) is 35.0 Å². The van der Waals surface area contributed by atoms with Gasteiger partial charge in [-0.15, -0.1) is 0 Å². The summed E-state index contributed by atoms with van der Waals surface area (Å²) in [6.45, 7) is 0. The molecule has 4 heteroatoms. The number of fused-ring (bicyclic) bond motifs is 1. The quantitative estimate of drug-likeness (QED) is 0.601. The van der Waals surface area contributed by atoms with Crippen molar-refractivity contribution in [2.45, 2.75) is 24.8 Å². The number of aliphatic imine (C=N–C) groups is 1. The molecule has 3 rings (SSSR count). The molecule has 18 heavy (non-hydrogen) atoms. The lowest BCUT2D eigenvalue weighted by molar-refractivity contribution is 0.256. The number of carbonyl (C=O) groups excluding carboxylic acids is 1. The molecule has 3 nitrogen and oxygen atoms in total. The maximum atomic E-state index is 10.6. The minimum Gasteiger partial charge on any atom is -0.349 e. The number of aryl methyl sites for hydroxylation is 1. The Morgan fingerprint density at radius 2 is 2.22 bits per heavy atom. The molecule has 0 spiro atoms. The van der Waals surface area contributed by atoms with Crippen LogP contribution in [-0.4, -0.2) is 10.6 Å². The van der Waals surface area contributed by atoms with Crippen molar-refractivity contribution < 1.29 is 4.79 Å². The van der Waals surface area contributed by atoms with E-state index in [0.29, 0.717) is 0 Å². The van der Waals surface area contributed by atoms with Crippen LogP contribution in [0.5, 0.6) is 0 Å². The van der Waals surface area contributed by atoms with Gasteiger partial charge in [0.15, 0.2) is 0 Å². The van der Waals surface area contributed by atoms with Gasteiger partial charge in [-0.25, -0.2) is 4.79 Å². The van der Waals surface area contributed by atoms with E-state index in [1.54, 1.807) is 6.08 Å². The van der Waals surface area contributed by atoms with Crippen LogP contribution in [0.4, 0.5) is 0 Å². The minimum absolute atomic E-state index is 0.352. The molecule has 1 saturated carbocycles. The Morgan fingerprint density at radius 3 is 2.83 bits per heavy atom. The molecule has 1 aliphatic rings. The van der Waals surface area contributed by atoms with Crippen LogP contribution in [0.15, 0.2) is 29.4 Å². The first kappa shape index (κ1) is 11.5. The molecule has 1 fully saturated rings. The predicted octanol–water partition coefficient (Wildman–Crippen LogP) is 3.55. The number of hydrogen-bond donors (Lipinski definition) is 0. The monoisotopic (exact) mass is 260 g/mol. The number of isocyanates is 1. The number of aromatic nitrogens is 1. The van der Waals surface area contributed by atoms with Crippen LogP contribution in [0.3, 0.4) is 0 Å². The second-order valence-corrected chi connectivity index (χ2v) is 5.32. The molecule has 1 aliphatic carbocycles. The molecule has 0 N–H and O–H groups in total. The van der Waals surface area contributed by atoms with Gasteiger partial charge < -0.3 is 4.57 Å². The highest BCUT2D eigenvalue weighted by Crippen LogP contribution is 2.45. The van der Waals surface area contributed by atoms with E-state index in [9.17, 15) is 4.79 Å². The first-order valence-corrected chi connectivity index (χ1v) is 6.38. The second-order valence-electron chi connectivity index (χ2n) is 4.91. The highest BCUT2D eigenvalue weighted by molar-refractivity contribution is 6.35. The van der Waals surface area contributed by atoms with Gasteiger partial charge in [-0.3, -0.25) is 0 Å². The maximum absolute atomic E-state index is 10.6. The third-order valence-electron chi connectivity index (χ3n) is 3.92. The first-order valence-electron chi connectivity index (χ1n) is 6.00. The highest BCUT2D eigenvalue weighted by Gasteiger charge is 2.39. The topological polar surface area (TPSA) is 34.4 Å². The molecule has 0 atom stereocenters. The van der Waals surface area contributed by atoms with E-state index in [2.05, 4.69) is 11.1 Å². The van der Waals surface area contributed by atoms with Crippen LogP contribution >= 0.6 is 11.6 Å². The Kier molecular flexibility index (Phi) is 2.54. The standard InChI is InChI=1S/C14H13ClN2O/c1-17-8-12(15)11-7-10(3-4-13(11)17)14(16-9-18)5-2-6-14/h3-4,7-8H,2,5-6H2,1H3. The summed E-state index contributed by atoms with van der Waals surface area (Å²) in [5.41, 5.74) is 1.81. The maximum Gasteiger partial charge on any atom is 0.235 e. The van der Waals surface area contributed by atoms with Crippen LogP contribution in [0.2, 0.25) is 5.02 Å².